The van der Waals surface area contributed by atoms with Gasteiger partial charge in [0.2, 0.25) is 0 Å². The van der Waals surface area contributed by atoms with Gasteiger partial charge in [0.1, 0.15) is 5.82 Å². The van der Waals surface area contributed by atoms with Crippen molar-refractivity contribution in [3.8, 4) is 0 Å². The lowest BCUT2D eigenvalue weighted by Crippen LogP contribution is -2.37. The first-order chi connectivity index (χ1) is 8.02. The van der Waals surface area contributed by atoms with E-state index in [1.54, 1.807) is 0 Å². The molecular weight excluding hydrogens is 299 g/mol. The minimum atomic E-state index is -0.827. The Morgan fingerprint density at radius 2 is 1.83 bits per heavy atom. The van der Waals surface area contributed by atoms with E-state index in [4.69, 9.17) is 28.9 Å². The summed E-state index contributed by atoms with van der Waals surface area (Å²) >= 11 is 11.6. The summed E-state index contributed by atoms with van der Waals surface area (Å²) in [6.07, 6.45) is 2.16. The lowest BCUT2D eigenvalue weighted by Gasteiger charge is -2.34. The highest BCUT2D eigenvalue weighted by Crippen LogP contribution is 2.37. The molecule has 0 unspecified atom stereocenters. The predicted molar refractivity (Wildman–Crippen MR) is 73.9 cm³/mol. The Morgan fingerprint density at radius 3 is 2.33 bits per heavy atom. The average Bonchev–Trinajstić information content (AvgIpc) is 2.21. The van der Waals surface area contributed by atoms with Crippen LogP contribution in [0.15, 0.2) is 12.1 Å². The molecule has 1 aromatic rings. The van der Waals surface area contributed by atoms with Gasteiger partial charge in [0.05, 0.1) is 17.2 Å². The summed E-state index contributed by atoms with van der Waals surface area (Å²) in [4.78, 5) is 0. The van der Waals surface area contributed by atoms with E-state index in [0.29, 0.717) is 0 Å². The average molecular weight is 315 g/mol. The monoisotopic (exact) mass is 313 g/mol. The van der Waals surface area contributed by atoms with Crippen LogP contribution in [0, 0.1) is 11.7 Å². The van der Waals surface area contributed by atoms with E-state index in [2.05, 4.69) is 0 Å². The highest BCUT2D eigenvalue weighted by atomic mass is 35.5. The Kier molecular flexibility index (Phi) is 5.68. The van der Waals surface area contributed by atoms with Crippen LogP contribution in [-0.2, 0) is 0 Å². The van der Waals surface area contributed by atoms with Crippen molar-refractivity contribution >= 4 is 35.6 Å². The van der Waals surface area contributed by atoms with E-state index in [9.17, 15) is 9.50 Å². The van der Waals surface area contributed by atoms with E-state index < -0.39 is 18.0 Å². The molecule has 0 bridgehead atoms. The molecule has 3 N–H and O–H groups in total. The fourth-order valence-corrected chi connectivity index (χ4v) is 2.53. The smallest absolute Gasteiger partial charge is 0.148 e. The van der Waals surface area contributed by atoms with Gasteiger partial charge < -0.3 is 10.8 Å². The maximum Gasteiger partial charge on any atom is 0.148 e. The number of rotatable bonds is 3. The van der Waals surface area contributed by atoms with Gasteiger partial charge in [-0.25, -0.2) is 4.39 Å². The zero-order valence-corrected chi connectivity index (χ0v) is 11.9. The number of hydrogen-bond donors (Lipinski definition) is 2. The standard InChI is InChI=1S/C12H14Cl2FNO.ClH/c13-7-4-5-8(14)10(15)9(7)11(16)12(17)6-2-1-3-6;/h4-6,11-12,17H,1-3,16H2;1H/t11-,12+;/m1./s1. The van der Waals surface area contributed by atoms with Crippen LogP contribution in [-0.4, -0.2) is 11.2 Å². The predicted octanol–water partition coefficient (Wildman–Crippen LogP) is 3.72. The lowest BCUT2D eigenvalue weighted by molar-refractivity contribution is 0.0405. The van der Waals surface area contributed by atoms with E-state index in [0.717, 1.165) is 19.3 Å². The lowest BCUT2D eigenvalue weighted by atomic mass is 9.77. The molecular formula is C12H15Cl3FNO. The molecule has 1 aliphatic rings. The third kappa shape index (κ3) is 2.91. The fraction of sp³-hybridized carbons (Fsp3) is 0.500. The topological polar surface area (TPSA) is 46.2 Å². The van der Waals surface area contributed by atoms with Crippen molar-refractivity contribution in [3.05, 3.63) is 33.6 Å². The largest absolute Gasteiger partial charge is 0.391 e. The second kappa shape index (κ2) is 6.40. The number of nitrogens with two attached hydrogens (primary N) is 1. The Hall–Kier alpha value is -0.0600. The highest BCUT2D eigenvalue weighted by Gasteiger charge is 2.33. The van der Waals surface area contributed by atoms with Crippen LogP contribution in [0.25, 0.3) is 0 Å². The molecule has 102 valence electrons. The molecule has 0 aliphatic heterocycles. The normalized spacial score (nSPS) is 18.7. The number of hydrogen-bond acceptors (Lipinski definition) is 2. The minimum absolute atomic E-state index is 0. The first-order valence-corrected chi connectivity index (χ1v) is 6.35. The molecule has 1 aliphatic carbocycles. The van der Waals surface area contributed by atoms with Gasteiger partial charge in [-0.15, -0.1) is 12.4 Å². The van der Waals surface area contributed by atoms with Gasteiger partial charge in [-0.3, -0.25) is 0 Å². The zero-order chi connectivity index (χ0) is 12.6. The van der Waals surface area contributed by atoms with Gasteiger partial charge in [-0.2, -0.15) is 0 Å². The van der Waals surface area contributed by atoms with Gasteiger partial charge in [0.25, 0.3) is 0 Å². The Labute approximate surface area is 122 Å². The highest BCUT2D eigenvalue weighted by molar-refractivity contribution is 6.33. The van der Waals surface area contributed by atoms with Crippen molar-refractivity contribution in [3.63, 3.8) is 0 Å². The molecule has 0 amide bonds. The second-order valence-electron chi connectivity index (χ2n) is 4.46. The first kappa shape index (κ1) is 16.0. The molecule has 1 fully saturated rings. The van der Waals surface area contributed by atoms with Crippen LogP contribution in [0.3, 0.4) is 0 Å². The minimum Gasteiger partial charge on any atom is -0.391 e. The molecule has 1 saturated carbocycles. The molecule has 1 aromatic carbocycles. The van der Waals surface area contributed by atoms with Crippen molar-refractivity contribution in [2.24, 2.45) is 11.7 Å². The molecule has 2 rings (SSSR count). The van der Waals surface area contributed by atoms with Crippen LogP contribution in [0.2, 0.25) is 10.0 Å². The van der Waals surface area contributed by atoms with Crippen LogP contribution in [0.4, 0.5) is 4.39 Å². The number of halogens is 4. The summed E-state index contributed by atoms with van der Waals surface area (Å²) in [5, 5.41) is 10.2. The third-order valence-corrected chi connectivity index (χ3v) is 4.04. The van der Waals surface area contributed by atoms with Gasteiger partial charge >= 0.3 is 0 Å². The van der Waals surface area contributed by atoms with Crippen LogP contribution in [0.5, 0.6) is 0 Å². The number of benzene rings is 1. The van der Waals surface area contributed by atoms with E-state index in [-0.39, 0.29) is 33.9 Å². The van der Waals surface area contributed by atoms with E-state index in [1.165, 1.54) is 12.1 Å². The van der Waals surface area contributed by atoms with Crippen LogP contribution >= 0.6 is 35.6 Å². The Morgan fingerprint density at radius 1 is 1.28 bits per heavy atom. The van der Waals surface area contributed by atoms with Crippen molar-refractivity contribution in [2.45, 2.75) is 31.4 Å². The third-order valence-electron chi connectivity index (χ3n) is 3.41. The molecule has 6 heteroatoms. The summed E-state index contributed by atoms with van der Waals surface area (Å²) in [5.74, 6) is -0.496. The molecule has 0 radical (unpaired) electrons. The molecule has 0 saturated heterocycles. The molecule has 0 spiro atoms. The zero-order valence-electron chi connectivity index (χ0n) is 9.57. The Balaban J connectivity index is 0.00000162. The van der Waals surface area contributed by atoms with Crippen LogP contribution < -0.4 is 5.73 Å². The second-order valence-corrected chi connectivity index (χ2v) is 5.28. The van der Waals surface area contributed by atoms with Gasteiger partial charge in [-0.05, 0) is 30.9 Å². The first-order valence-electron chi connectivity index (χ1n) is 5.59. The summed E-state index contributed by atoms with van der Waals surface area (Å²) < 4.78 is 13.9. The fourth-order valence-electron chi connectivity index (χ4n) is 2.09. The quantitative estimate of drug-likeness (QED) is 0.835. The van der Waals surface area contributed by atoms with Crippen molar-refractivity contribution in [1.29, 1.82) is 0 Å². The molecule has 0 aromatic heterocycles. The Bertz CT molecular complexity index is 426. The van der Waals surface area contributed by atoms with Crippen molar-refractivity contribution in [1.82, 2.24) is 0 Å². The maximum absolute atomic E-state index is 13.9. The van der Waals surface area contributed by atoms with E-state index in [1.807, 2.05) is 0 Å². The summed E-state index contributed by atoms with van der Waals surface area (Å²) in [5.41, 5.74) is 6.00. The van der Waals surface area contributed by atoms with Gasteiger partial charge in [0, 0.05) is 10.6 Å². The van der Waals surface area contributed by atoms with Crippen molar-refractivity contribution in [2.75, 3.05) is 0 Å². The summed E-state index contributed by atoms with van der Waals surface area (Å²) in [7, 11) is 0. The molecule has 0 heterocycles. The van der Waals surface area contributed by atoms with E-state index >= 15 is 0 Å². The summed E-state index contributed by atoms with van der Waals surface area (Å²) in [6, 6.07) is 2.05. The summed E-state index contributed by atoms with van der Waals surface area (Å²) in [6.45, 7) is 0. The van der Waals surface area contributed by atoms with Crippen LogP contribution in [0.1, 0.15) is 30.9 Å². The maximum atomic E-state index is 13.9. The molecule has 2 nitrogen and oxygen atoms in total. The molecule has 18 heavy (non-hydrogen) atoms. The van der Waals surface area contributed by atoms with Gasteiger partial charge in [-0.1, -0.05) is 29.6 Å². The van der Waals surface area contributed by atoms with Crippen molar-refractivity contribution < 1.29 is 9.50 Å². The SMILES string of the molecule is Cl.N[C@H](c1c(Cl)ccc(Cl)c1F)[C@@H](O)C1CCC1. The molecule has 2 atom stereocenters. The number of aliphatic hydroxyl groups is 1. The van der Waals surface area contributed by atoms with Gasteiger partial charge in [0.15, 0.2) is 0 Å². The number of aliphatic hydroxyl groups excluding tert-OH is 1.